The number of methoxy groups -OCH3 is 1. The van der Waals surface area contributed by atoms with Crippen LogP contribution in [-0.4, -0.2) is 68.4 Å². The van der Waals surface area contributed by atoms with Crippen molar-refractivity contribution >= 4 is 17.3 Å². The number of ether oxygens (including phenoxy) is 1. The molecule has 2 aromatic carbocycles. The van der Waals surface area contributed by atoms with Crippen LogP contribution in [0, 0.1) is 6.92 Å². The number of carbonyl (C=O) groups is 1. The molecule has 31 heavy (non-hydrogen) atoms. The van der Waals surface area contributed by atoms with Crippen molar-refractivity contribution in [2.75, 3.05) is 57.0 Å². The van der Waals surface area contributed by atoms with Crippen LogP contribution in [0.15, 0.2) is 42.5 Å². The van der Waals surface area contributed by atoms with Crippen LogP contribution in [0.25, 0.3) is 0 Å². The van der Waals surface area contributed by atoms with E-state index in [1.165, 1.54) is 11.3 Å². The summed E-state index contributed by atoms with van der Waals surface area (Å²) >= 11 is 0. The summed E-state index contributed by atoms with van der Waals surface area (Å²) in [7, 11) is 1.66. The van der Waals surface area contributed by atoms with Crippen LogP contribution in [0.5, 0.6) is 5.75 Å². The molecule has 2 aromatic rings. The summed E-state index contributed by atoms with van der Waals surface area (Å²) in [5.74, 6) is 0.459. The SMILES string of the molecule is COc1cc(N2CCC(N3CCN(OC(=O)c4ccccc4)CC3)CC2)c(C)cc1N. The summed E-state index contributed by atoms with van der Waals surface area (Å²) in [6.45, 7) is 7.46. The van der Waals surface area contributed by atoms with Crippen LogP contribution in [0.2, 0.25) is 0 Å². The molecule has 0 saturated carbocycles. The molecule has 0 unspecified atom stereocenters. The molecule has 0 radical (unpaired) electrons. The Balaban J connectivity index is 1.26. The summed E-state index contributed by atoms with van der Waals surface area (Å²) in [5.41, 5.74) is 9.71. The molecule has 0 atom stereocenters. The second-order valence-electron chi connectivity index (χ2n) is 8.31. The van der Waals surface area contributed by atoms with Crippen molar-refractivity contribution in [2.24, 2.45) is 0 Å². The lowest BCUT2D eigenvalue weighted by Gasteiger charge is -2.43. The molecule has 7 heteroatoms. The average molecular weight is 425 g/mol. The average Bonchev–Trinajstić information content (AvgIpc) is 2.80. The summed E-state index contributed by atoms with van der Waals surface area (Å²) in [6.07, 6.45) is 2.24. The number of nitrogen functional groups attached to an aromatic ring is 1. The van der Waals surface area contributed by atoms with Gasteiger partial charge in [-0.2, -0.15) is 0 Å². The maximum Gasteiger partial charge on any atom is 0.357 e. The van der Waals surface area contributed by atoms with Crippen molar-refractivity contribution in [3.63, 3.8) is 0 Å². The molecular formula is C24H32N4O3. The first-order valence-corrected chi connectivity index (χ1v) is 11.0. The Morgan fingerprint density at radius 3 is 2.32 bits per heavy atom. The molecule has 2 saturated heterocycles. The quantitative estimate of drug-likeness (QED) is 0.740. The monoisotopic (exact) mass is 424 g/mol. The van der Waals surface area contributed by atoms with E-state index in [0.29, 0.717) is 17.3 Å². The molecule has 0 aromatic heterocycles. The van der Waals surface area contributed by atoms with Crippen molar-refractivity contribution in [1.29, 1.82) is 0 Å². The molecule has 7 nitrogen and oxygen atoms in total. The lowest BCUT2D eigenvalue weighted by Crippen LogP contribution is -2.53. The third-order valence-corrected chi connectivity index (χ3v) is 6.36. The van der Waals surface area contributed by atoms with Gasteiger partial charge < -0.3 is 20.2 Å². The Kier molecular flexibility index (Phi) is 6.63. The van der Waals surface area contributed by atoms with Gasteiger partial charge in [-0.15, -0.1) is 5.06 Å². The standard InChI is InChI=1S/C24H32N4O3/c1-18-16-21(25)23(30-2)17-22(18)27-10-8-20(9-11-27)26-12-14-28(15-13-26)31-24(29)19-6-4-3-5-7-19/h3-7,16-17,20H,8-15,25H2,1-2H3. The van der Waals surface area contributed by atoms with Gasteiger partial charge in [-0.05, 0) is 43.5 Å². The number of hydroxylamine groups is 2. The van der Waals surface area contributed by atoms with E-state index in [4.69, 9.17) is 15.3 Å². The minimum atomic E-state index is -0.281. The number of aryl methyl sites for hydroxylation is 1. The Labute approximate surface area is 184 Å². The zero-order chi connectivity index (χ0) is 21.8. The van der Waals surface area contributed by atoms with E-state index in [1.54, 1.807) is 24.3 Å². The van der Waals surface area contributed by atoms with E-state index >= 15 is 0 Å². The van der Waals surface area contributed by atoms with Gasteiger partial charge in [0.25, 0.3) is 0 Å². The van der Waals surface area contributed by atoms with Crippen LogP contribution >= 0.6 is 0 Å². The van der Waals surface area contributed by atoms with E-state index in [2.05, 4.69) is 22.8 Å². The van der Waals surface area contributed by atoms with Gasteiger partial charge >= 0.3 is 5.97 Å². The molecule has 0 bridgehead atoms. The molecule has 2 aliphatic rings. The van der Waals surface area contributed by atoms with E-state index in [1.807, 2.05) is 24.3 Å². The Hall–Kier alpha value is -2.77. The lowest BCUT2D eigenvalue weighted by atomic mass is 10.0. The van der Waals surface area contributed by atoms with Gasteiger partial charge in [0.05, 0.1) is 18.4 Å². The molecule has 0 spiro atoms. The van der Waals surface area contributed by atoms with Gasteiger partial charge in [0, 0.05) is 57.1 Å². The first-order chi connectivity index (χ1) is 15.0. The van der Waals surface area contributed by atoms with Crippen LogP contribution < -0.4 is 15.4 Å². The molecule has 2 aliphatic heterocycles. The number of rotatable bonds is 5. The number of carbonyl (C=O) groups excluding carboxylic acids is 1. The van der Waals surface area contributed by atoms with Crippen molar-refractivity contribution in [3.8, 4) is 5.75 Å². The lowest BCUT2D eigenvalue weighted by molar-refractivity contribution is -0.134. The van der Waals surface area contributed by atoms with E-state index in [0.717, 1.165) is 57.9 Å². The van der Waals surface area contributed by atoms with Crippen molar-refractivity contribution in [1.82, 2.24) is 9.96 Å². The Morgan fingerprint density at radius 2 is 1.68 bits per heavy atom. The number of hydrogen-bond donors (Lipinski definition) is 1. The molecule has 2 heterocycles. The number of benzene rings is 2. The highest BCUT2D eigenvalue weighted by Gasteiger charge is 2.29. The molecule has 4 rings (SSSR count). The molecular weight excluding hydrogens is 392 g/mol. The van der Waals surface area contributed by atoms with Crippen LogP contribution in [0.1, 0.15) is 28.8 Å². The number of anilines is 2. The molecule has 0 amide bonds. The fraction of sp³-hybridized carbons (Fsp3) is 0.458. The number of hydrogen-bond acceptors (Lipinski definition) is 7. The topological polar surface area (TPSA) is 71.3 Å². The third-order valence-electron chi connectivity index (χ3n) is 6.36. The second-order valence-corrected chi connectivity index (χ2v) is 8.31. The van der Waals surface area contributed by atoms with E-state index < -0.39 is 0 Å². The number of piperidine rings is 1. The minimum Gasteiger partial charge on any atom is -0.495 e. The zero-order valence-electron chi connectivity index (χ0n) is 18.4. The Morgan fingerprint density at radius 1 is 1.00 bits per heavy atom. The van der Waals surface area contributed by atoms with Crippen molar-refractivity contribution in [2.45, 2.75) is 25.8 Å². The van der Waals surface area contributed by atoms with Gasteiger partial charge in [-0.1, -0.05) is 18.2 Å². The third kappa shape index (κ3) is 4.94. The fourth-order valence-corrected chi connectivity index (χ4v) is 4.59. The maximum absolute atomic E-state index is 12.3. The molecule has 2 N–H and O–H groups in total. The van der Waals surface area contributed by atoms with Gasteiger partial charge in [-0.3, -0.25) is 4.90 Å². The largest absolute Gasteiger partial charge is 0.495 e. The Bertz CT molecular complexity index is 889. The van der Waals surface area contributed by atoms with Gasteiger partial charge in [-0.25, -0.2) is 4.79 Å². The normalized spacial score (nSPS) is 18.7. The highest BCUT2D eigenvalue weighted by atomic mass is 16.7. The summed E-state index contributed by atoms with van der Waals surface area (Å²) in [6, 6.07) is 13.8. The molecule has 166 valence electrons. The van der Waals surface area contributed by atoms with Gasteiger partial charge in [0.15, 0.2) is 0 Å². The fourth-order valence-electron chi connectivity index (χ4n) is 4.59. The highest BCUT2D eigenvalue weighted by molar-refractivity contribution is 5.89. The van der Waals surface area contributed by atoms with Crippen LogP contribution in [0.3, 0.4) is 0 Å². The summed E-state index contributed by atoms with van der Waals surface area (Å²) in [5, 5.41) is 1.80. The smallest absolute Gasteiger partial charge is 0.357 e. The molecule has 2 fully saturated rings. The second kappa shape index (κ2) is 9.58. The van der Waals surface area contributed by atoms with Crippen LogP contribution in [0.4, 0.5) is 11.4 Å². The molecule has 0 aliphatic carbocycles. The number of nitrogens with zero attached hydrogens (tertiary/aromatic N) is 3. The predicted molar refractivity (Wildman–Crippen MR) is 122 cm³/mol. The van der Waals surface area contributed by atoms with E-state index in [-0.39, 0.29) is 5.97 Å². The maximum atomic E-state index is 12.3. The highest BCUT2D eigenvalue weighted by Crippen LogP contribution is 2.33. The minimum absolute atomic E-state index is 0.281. The summed E-state index contributed by atoms with van der Waals surface area (Å²) < 4.78 is 5.41. The van der Waals surface area contributed by atoms with Gasteiger partial charge in [0.1, 0.15) is 5.75 Å². The van der Waals surface area contributed by atoms with Crippen molar-refractivity contribution in [3.05, 3.63) is 53.6 Å². The van der Waals surface area contributed by atoms with E-state index in [9.17, 15) is 4.79 Å². The summed E-state index contributed by atoms with van der Waals surface area (Å²) in [4.78, 5) is 22.8. The number of piperazine rings is 1. The van der Waals surface area contributed by atoms with Gasteiger partial charge in [0.2, 0.25) is 0 Å². The predicted octanol–water partition coefficient (Wildman–Crippen LogP) is 2.94. The first kappa shape index (κ1) is 21.5. The number of nitrogens with two attached hydrogens (primary N) is 1. The van der Waals surface area contributed by atoms with Crippen LogP contribution in [-0.2, 0) is 4.84 Å². The zero-order valence-corrected chi connectivity index (χ0v) is 18.4. The first-order valence-electron chi connectivity index (χ1n) is 11.0. The van der Waals surface area contributed by atoms with Crippen molar-refractivity contribution < 1.29 is 14.4 Å².